The van der Waals surface area contributed by atoms with Crippen molar-refractivity contribution in [1.29, 1.82) is 0 Å². The predicted molar refractivity (Wildman–Crippen MR) is 101 cm³/mol. The number of rotatable bonds is 3. The van der Waals surface area contributed by atoms with Crippen molar-refractivity contribution in [2.75, 3.05) is 20.1 Å². The highest BCUT2D eigenvalue weighted by atomic mass is 16.5. The molecule has 5 nitrogen and oxygen atoms in total. The second kappa shape index (κ2) is 6.47. The lowest BCUT2D eigenvalue weighted by molar-refractivity contribution is 0.0767. The van der Waals surface area contributed by atoms with E-state index in [4.69, 9.17) is 9.15 Å². The third kappa shape index (κ3) is 2.71. The van der Waals surface area contributed by atoms with Gasteiger partial charge in [-0.3, -0.25) is 4.99 Å². The molecule has 2 aromatic rings. The van der Waals surface area contributed by atoms with Gasteiger partial charge in [-0.2, -0.15) is 0 Å². The van der Waals surface area contributed by atoms with E-state index in [2.05, 4.69) is 27.3 Å². The lowest BCUT2D eigenvalue weighted by Gasteiger charge is -2.23. The van der Waals surface area contributed by atoms with Crippen LogP contribution >= 0.6 is 0 Å². The van der Waals surface area contributed by atoms with Gasteiger partial charge in [-0.1, -0.05) is 30.3 Å². The third-order valence-corrected chi connectivity index (χ3v) is 6.10. The van der Waals surface area contributed by atoms with Crippen LogP contribution in [0.25, 0.3) is 11.3 Å². The summed E-state index contributed by atoms with van der Waals surface area (Å²) in [4.78, 5) is 6.89. The van der Waals surface area contributed by atoms with E-state index in [-0.39, 0.29) is 0 Å². The molecule has 4 heterocycles. The highest BCUT2D eigenvalue weighted by Gasteiger charge is 2.53. The largest absolute Gasteiger partial charge is 0.459 e. The van der Waals surface area contributed by atoms with E-state index in [1.54, 1.807) is 0 Å². The lowest BCUT2D eigenvalue weighted by Crippen LogP contribution is -2.40. The normalized spacial score (nSPS) is 30.0. The average Bonchev–Trinajstić information content (AvgIpc) is 3.44. The van der Waals surface area contributed by atoms with Gasteiger partial charge in [0.15, 0.2) is 5.96 Å². The molecule has 3 aliphatic heterocycles. The van der Waals surface area contributed by atoms with Crippen molar-refractivity contribution in [3.63, 3.8) is 0 Å². The van der Waals surface area contributed by atoms with Gasteiger partial charge in [-0.15, -0.1) is 0 Å². The summed E-state index contributed by atoms with van der Waals surface area (Å²) in [7, 11) is 1.86. The molecule has 3 saturated heterocycles. The Morgan fingerprint density at radius 3 is 2.50 bits per heavy atom. The number of hydrogen-bond donors (Lipinski definition) is 1. The van der Waals surface area contributed by atoms with Gasteiger partial charge in [0.05, 0.1) is 18.8 Å². The minimum Gasteiger partial charge on any atom is -0.459 e. The summed E-state index contributed by atoms with van der Waals surface area (Å²) in [5.41, 5.74) is 1.10. The van der Waals surface area contributed by atoms with Gasteiger partial charge in [0.1, 0.15) is 11.5 Å². The monoisotopic (exact) mass is 351 g/mol. The van der Waals surface area contributed by atoms with Crippen LogP contribution in [0.15, 0.2) is 51.9 Å². The molecule has 26 heavy (non-hydrogen) atoms. The van der Waals surface area contributed by atoms with Gasteiger partial charge < -0.3 is 19.4 Å². The summed E-state index contributed by atoms with van der Waals surface area (Å²) < 4.78 is 12.1. The summed E-state index contributed by atoms with van der Waals surface area (Å²) in [5.74, 6) is 4.16. The Bertz CT molecular complexity index is 783. The zero-order valence-electron chi connectivity index (χ0n) is 15.1. The molecule has 5 rings (SSSR count). The number of aliphatic imine (C=N–C) groups is 1. The zero-order chi connectivity index (χ0) is 17.5. The quantitative estimate of drug-likeness (QED) is 0.682. The van der Waals surface area contributed by atoms with Crippen LogP contribution in [0.5, 0.6) is 0 Å². The van der Waals surface area contributed by atoms with Crippen LogP contribution < -0.4 is 5.32 Å². The van der Waals surface area contributed by atoms with Crippen LogP contribution in [-0.4, -0.2) is 43.2 Å². The fraction of sp³-hybridized carbons (Fsp3) is 0.476. The van der Waals surface area contributed by atoms with E-state index in [0.717, 1.165) is 36.1 Å². The van der Waals surface area contributed by atoms with Crippen molar-refractivity contribution >= 4 is 5.96 Å². The molecule has 2 bridgehead atoms. The van der Waals surface area contributed by atoms with Crippen molar-refractivity contribution < 1.29 is 9.15 Å². The molecule has 0 spiro atoms. The molecule has 1 N–H and O–H groups in total. The topological polar surface area (TPSA) is 50.0 Å². The third-order valence-electron chi connectivity index (χ3n) is 6.10. The first-order valence-electron chi connectivity index (χ1n) is 9.57. The van der Waals surface area contributed by atoms with Crippen molar-refractivity contribution in [1.82, 2.24) is 10.2 Å². The first-order chi connectivity index (χ1) is 12.8. The van der Waals surface area contributed by atoms with Crippen LogP contribution in [0.2, 0.25) is 0 Å². The summed E-state index contributed by atoms with van der Waals surface area (Å²) in [6.07, 6.45) is 3.43. The van der Waals surface area contributed by atoms with E-state index >= 15 is 0 Å². The maximum Gasteiger partial charge on any atom is 0.194 e. The molecular weight excluding hydrogens is 326 g/mol. The maximum atomic E-state index is 6.07. The van der Waals surface area contributed by atoms with E-state index in [1.165, 1.54) is 12.8 Å². The van der Waals surface area contributed by atoms with E-state index in [1.807, 2.05) is 37.4 Å². The number of nitrogens with zero attached hydrogens (tertiary/aromatic N) is 2. The van der Waals surface area contributed by atoms with Crippen LogP contribution in [0.4, 0.5) is 0 Å². The summed E-state index contributed by atoms with van der Waals surface area (Å²) in [6, 6.07) is 14.3. The molecule has 0 radical (unpaired) electrons. The Balaban J connectivity index is 1.22. The van der Waals surface area contributed by atoms with Crippen molar-refractivity contribution in [2.45, 2.75) is 31.6 Å². The van der Waals surface area contributed by atoms with Gasteiger partial charge in [-0.25, -0.2) is 0 Å². The van der Waals surface area contributed by atoms with Gasteiger partial charge in [0.2, 0.25) is 0 Å². The fourth-order valence-corrected chi connectivity index (χ4v) is 4.86. The highest BCUT2D eigenvalue weighted by Crippen LogP contribution is 2.47. The number of hydrogen-bond acceptors (Lipinski definition) is 3. The van der Waals surface area contributed by atoms with Crippen LogP contribution in [0.1, 0.15) is 18.6 Å². The van der Waals surface area contributed by atoms with E-state index in [9.17, 15) is 0 Å². The molecule has 0 saturated carbocycles. The van der Waals surface area contributed by atoms with Crippen molar-refractivity contribution in [2.24, 2.45) is 16.8 Å². The molecule has 136 valence electrons. The Kier molecular flexibility index (Phi) is 3.97. The van der Waals surface area contributed by atoms with Crippen LogP contribution in [0.3, 0.4) is 0 Å². The van der Waals surface area contributed by atoms with Gasteiger partial charge in [0, 0.05) is 37.5 Å². The molecule has 4 unspecified atom stereocenters. The second-order valence-electron chi connectivity index (χ2n) is 7.56. The number of fused-ring (bicyclic) bond motifs is 5. The van der Waals surface area contributed by atoms with E-state index in [0.29, 0.717) is 30.6 Å². The number of furan rings is 1. The SMILES string of the molecule is CN=C(NCc1ccc(-c2ccccc2)o1)N1CC2C3CCC(O3)C2C1. The molecule has 5 heteroatoms. The first kappa shape index (κ1) is 15.9. The lowest BCUT2D eigenvalue weighted by atomic mass is 9.82. The number of nitrogens with one attached hydrogen (secondary N) is 1. The number of likely N-dealkylation sites (tertiary alicyclic amines) is 1. The second-order valence-corrected chi connectivity index (χ2v) is 7.56. The van der Waals surface area contributed by atoms with Gasteiger partial charge >= 0.3 is 0 Å². The Hall–Kier alpha value is -2.27. The molecule has 0 amide bonds. The summed E-state index contributed by atoms with van der Waals surface area (Å²) in [5, 5.41) is 3.47. The predicted octanol–water partition coefficient (Wildman–Crippen LogP) is 3.13. The minimum absolute atomic E-state index is 0.478. The van der Waals surface area contributed by atoms with E-state index < -0.39 is 0 Å². The molecule has 3 aliphatic rings. The van der Waals surface area contributed by atoms with Crippen LogP contribution in [0, 0.1) is 11.8 Å². The minimum atomic E-state index is 0.478. The average molecular weight is 351 g/mol. The summed E-state index contributed by atoms with van der Waals surface area (Å²) in [6.45, 7) is 2.76. The summed E-state index contributed by atoms with van der Waals surface area (Å²) >= 11 is 0. The molecule has 4 atom stereocenters. The fourth-order valence-electron chi connectivity index (χ4n) is 4.86. The Morgan fingerprint density at radius 2 is 1.81 bits per heavy atom. The highest BCUT2D eigenvalue weighted by molar-refractivity contribution is 5.80. The van der Waals surface area contributed by atoms with Crippen LogP contribution in [-0.2, 0) is 11.3 Å². The number of guanidine groups is 1. The standard InChI is InChI=1S/C21H25N3O2/c1-22-21(24-12-16-17(13-24)20-10-9-19(16)26-20)23-11-15-7-8-18(25-15)14-5-3-2-4-6-14/h2-8,16-17,19-20H,9-13H2,1H3,(H,22,23). The molecule has 0 aliphatic carbocycles. The van der Waals surface area contributed by atoms with Crippen molar-refractivity contribution in [3.8, 4) is 11.3 Å². The number of ether oxygens (including phenoxy) is 1. The molecule has 3 fully saturated rings. The Labute approximate surface area is 154 Å². The zero-order valence-corrected chi connectivity index (χ0v) is 15.1. The smallest absolute Gasteiger partial charge is 0.194 e. The molecule has 1 aromatic carbocycles. The molecule has 1 aromatic heterocycles. The Morgan fingerprint density at radius 1 is 1.08 bits per heavy atom. The molecular formula is C21H25N3O2. The van der Waals surface area contributed by atoms with Gasteiger partial charge in [-0.05, 0) is 25.0 Å². The first-order valence-corrected chi connectivity index (χ1v) is 9.57. The number of benzene rings is 1. The van der Waals surface area contributed by atoms with Gasteiger partial charge in [0.25, 0.3) is 0 Å². The van der Waals surface area contributed by atoms with Crippen molar-refractivity contribution in [3.05, 3.63) is 48.2 Å². The maximum absolute atomic E-state index is 6.07.